The summed E-state index contributed by atoms with van der Waals surface area (Å²) in [7, 11) is 0. The molecule has 2 heterocycles. The minimum atomic E-state index is -0.770. The van der Waals surface area contributed by atoms with Crippen molar-refractivity contribution in [3.63, 3.8) is 0 Å². The summed E-state index contributed by atoms with van der Waals surface area (Å²) in [6.07, 6.45) is 6.24. The summed E-state index contributed by atoms with van der Waals surface area (Å²) in [5.74, 6) is -0.770. The molecule has 0 radical (unpaired) electrons. The van der Waals surface area contributed by atoms with Gasteiger partial charge in [0.15, 0.2) is 0 Å². The Morgan fingerprint density at radius 3 is 3.14 bits per heavy atom. The van der Waals surface area contributed by atoms with Crippen LogP contribution < -0.4 is 0 Å². The van der Waals surface area contributed by atoms with E-state index in [1.807, 2.05) is 28.9 Å². The van der Waals surface area contributed by atoms with Crippen LogP contribution in [0.4, 0.5) is 0 Å². The Morgan fingerprint density at radius 1 is 1.57 bits per heavy atom. The van der Waals surface area contributed by atoms with E-state index >= 15 is 0 Å². The zero-order chi connectivity index (χ0) is 9.97. The van der Waals surface area contributed by atoms with E-state index in [1.165, 1.54) is 0 Å². The maximum atomic E-state index is 10.4. The molecule has 0 saturated carbocycles. The molecule has 0 bridgehead atoms. The lowest BCUT2D eigenvalue weighted by Crippen LogP contribution is -1.96. The Balaban J connectivity index is 2.22. The summed E-state index contributed by atoms with van der Waals surface area (Å²) in [6, 6.07) is 3.75. The van der Waals surface area contributed by atoms with Crippen molar-refractivity contribution in [2.75, 3.05) is 0 Å². The van der Waals surface area contributed by atoms with Gasteiger partial charge in [-0.25, -0.2) is 4.98 Å². The number of aryl methyl sites for hydroxylation is 1. The summed E-state index contributed by atoms with van der Waals surface area (Å²) in [5, 5.41) is 8.53. The van der Waals surface area contributed by atoms with Gasteiger partial charge in [0, 0.05) is 25.0 Å². The van der Waals surface area contributed by atoms with E-state index in [0.29, 0.717) is 6.42 Å². The number of fused-ring (bicyclic) bond motifs is 1. The van der Waals surface area contributed by atoms with Gasteiger partial charge >= 0.3 is 5.97 Å². The molecule has 0 spiro atoms. The van der Waals surface area contributed by atoms with Crippen molar-refractivity contribution >= 4 is 11.6 Å². The number of carboxylic acid groups (broad SMARTS) is 1. The summed E-state index contributed by atoms with van der Waals surface area (Å²) in [6.45, 7) is 0. The molecule has 0 fully saturated rings. The summed E-state index contributed by atoms with van der Waals surface area (Å²) in [5.41, 5.74) is 1.86. The highest BCUT2D eigenvalue weighted by molar-refractivity contribution is 5.67. The first kappa shape index (κ1) is 8.74. The highest BCUT2D eigenvalue weighted by Gasteiger charge is 2.02. The van der Waals surface area contributed by atoms with Crippen LogP contribution in [0.15, 0.2) is 30.7 Å². The molecular weight excluding hydrogens is 180 g/mol. The largest absolute Gasteiger partial charge is 0.481 e. The minimum absolute atomic E-state index is 0.164. The van der Waals surface area contributed by atoms with E-state index in [2.05, 4.69) is 4.98 Å². The molecule has 0 saturated heterocycles. The number of hydrogen-bond donors (Lipinski definition) is 1. The SMILES string of the molecule is O=C(O)CCc1cc2ncccn2c1. The maximum Gasteiger partial charge on any atom is 0.303 e. The molecule has 1 N–H and O–H groups in total. The van der Waals surface area contributed by atoms with Gasteiger partial charge in [0.25, 0.3) is 0 Å². The van der Waals surface area contributed by atoms with Gasteiger partial charge in [-0.1, -0.05) is 0 Å². The normalized spacial score (nSPS) is 10.6. The predicted molar refractivity (Wildman–Crippen MR) is 51.1 cm³/mol. The molecule has 2 aromatic heterocycles. The quantitative estimate of drug-likeness (QED) is 0.794. The van der Waals surface area contributed by atoms with Crippen LogP contribution in [-0.2, 0) is 11.2 Å². The molecule has 2 rings (SSSR count). The van der Waals surface area contributed by atoms with Crippen molar-refractivity contribution in [3.05, 3.63) is 36.3 Å². The van der Waals surface area contributed by atoms with Gasteiger partial charge in [-0.15, -0.1) is 0 Å². The first-order chi connectivity index (χ1) is 6.75. The second-order valence-electron chi connectivity index (χ2n) is 3.13. The first-order valence-electron chi connectivity index (χ1n) is 4.39. The van der Waals surface area contributed by atoms with Crippen LogP contribution in [0.5, 0.6) is 0 Å². The second kappa shape index (κ2) is 3.49. The third kappa shape index (κ3) is 1.74. The van der Waals surface area contributed by atoms with Crippen LogP contribution in [0.3, 0.4) is 0 Å². The molecule has 72 valence electrons. The van der Waals surface area contributed by atoms with Crippen LogP contribution in [0.25, 0.3) is 5.65 Å². The molecule has 0 amide bonds. The number of rotatable bonds is 3. The number of nitrogens with zero attached hydrogens (tertiary/aromatic N) is 2. The molecule has 2 aromatic rings. The molecule has 0 atom stereocenters. The Bertz CT molecular complexity index is 429. The molecule has 0 aliphatic rings. The number of aromatic nitrogens is 2. The topological polar surface area (TPSA) is 54.6 Å². The van der Waals surface area contributed by atoms with Crippen LogP contribution in [0.2, 0.25) is 0 Å². The molecule has 4 heteroatoms. The number of carbonyl (C=O) groups is 1. The van der Waals surface area contributed by atoms with Crippen molar-refractivity contribution in [1.82, 2.24) is 9.38 Å². The van der Waals surface area contributed by atoms with Crippen molar-refractivity contribution in [2.45, 2.75) is 12.8 Å². The first-order valence-corrected chi connectivity index (χ1v) is 4.39. The van der Waals surface area contributed by atoms with Gasteiger partial charge in [0.2, 0.25) is 0 Å². The molecule has 0 aliphatic carbocycles. The van der Waals surface area contributed by atoms with Crippen LogP contribution in [0.1, 0.15) is 12.0 Å². The smallest absolute Gasteiger partial charge is 0.303 e. The van der Waals surface area contributed by atoms with Crippen molar-refractivity contribution < 1.29 is 9.90 Å². The number of carboxylic acids is 1. The molecule has 14 heavy (non-hydrogen) atoms. The van der Waals surface area contributed by atoms with E-state index in [9.17, 15) is 4.79 Å². The zero-order valence-electron chi connectivity index (χ0n) is 7.55. The average molecular weight is 190 g/mol. The van der Waals surface area contributed by atoms with E-state index in [0.717, 1.165) is 11.2 Å². The second-order valence-corrected chi connectivity index (χ2v) is 3.13. The van der Waals surface area contributed by atoms with Gasteiger partial charge in [-0.05, 0) is 24.1 Å². The van der Waals surface area contributed by atoms with Gasteiger partial charge in [-0.3, -0.25) is 4.79 Å². The van der Waals surface area contributed by atoms with E-state index in [4.69, 9.17) is 5.11 Å². The van der Waals surface area contributed by atoms with E-state index < -0.39 is 5.97 Å². The summed E-state index contributed by atoms with van der Waals surface area (Å²) >= 11 is 0. The number of hydrogen-bond acceptors (Lipinski definition) is 2. The van der Waals surface area contributed by atoms with Crippen molar-refractivity contribution in [1.29, 1.82) is 0 Å². The Kier molecular flexibility index (Phi) is 2.18. The summed E-state index contributed by atoms with van der Waals surface area (Å²) < 4.78 is 1.89. The fourth-order valence-corrected chi connectivity index (χ4v) is 1.38. The average Bonchev–Trinajstić information content (AvgIpc) is 2.57. The zero-order valence-corrected chi connectivity index (χ0v) is 7.55. The van der Waals surface area contributed by atoms with Gasteiger partial charge in [-0.2, -0.15) is 0 Å². The van der Waals surface area contributed by atoms with Gasteiger partial charge < -0.3 is 9.51 Å². The summed E-state index contributed by atoms with van der Waals surface area (Å²) in [4.78, 5) is 14.5. The van der Waals surface area contributed by atoms with Crippen molar-refractivity contribution in [2.24, 2.45) is 0 Å². The van der Waals surface area contributed by atoms with Crippen LogP contribution in [0, 0.1) is 0 Å². The third-order valence-electron chi connectivity index (χ3n) is 2.05. The monoisotopic (exact) mass is 190 g/mol. The van der Waals surface area contributed by atoms with Gasteiger partial charge in [0.05, 0.1) is 0 Å². The molecule has 0 aromatic carbocycles. The predicted octanol–water partition coefficient (Wildman–Crippen LogP) is 1.35. The lowest BCUT2D eigenvalue weighted by Gasteiger charge is -1.90. The lowest BCUT2D eigenvalue weighted by atomic mass is 10.2. The fourth-order valence-electron chi connectivity index (χ4n) is 1.38. The highest BCUT2D eigenvalue weighted by Crippen LogP contribution is 2.08. The molecule has 0 aliphatic heterocycles. The highest BCUT2D eigenvalue weighted by atomic mass is 16.4. The number of aliphatic carboxylic acids is 1. The molecule has 4 nitrogen and oxygen atoms in total. The van der Waals surface area contributed by atoms with E-state index in [1.54, 1.807) is 6.20 Å². The standard InChI is InChI=1S/C10H10N2O2/c13-10(14)3-2-8-6-9-11-4-1-5-12(9)7-8/h1,4-7H,2-3H2,(H,13,14). The lowest BCUT2D eigenvalue weighted by molar-refractivity contribution is -0.136. The maximum absolute atomic E-state index is 10.4. The van der Waals surface area contributed by atoms with Gasteiger partial charge in [0.1, 0.15) is 5.65 Å². The molecule has 0 unspecified atom stereocenters. The third-order valence-corrected chi connectivity index (χ3v) is 2.05. The fraction of sp³-hybridized carbons (Fsp3) is 0.200. The Morgan fingerprint density at radius 2 is 2.43 bits per heavy atom. The van der Waals surface area contributed by atoms with Crippen LogP contribution >= 0.6 is 0 Å². The molecular formula is C10H10N2O2. The van der Waals surface area contributed by atoms with E-state index in [-0.39, 0.29) is 6.42 Å². The van der Waals surface area contributed by atoms with Crippen LogP contribution in [-0.4, -0.2) is 20.5 Å². The minimum Gasteiger partial charge on any atom is -0.481 e. The Hall–Kier alpha value is -1.84. The Labute approximate surface area is 80.8 Å². The van der Waals surface area contributed by atoms with Crippen molar-refractivity contribution in [3.8, 4) is 0 Å².